The molecule has 0 aromatic heterocycles. The number of ether oxygens (including phenoxy) is 2. The lowest BCUT2D eigenvalue weighted by molar-refractivity contribution is -0.144. The minimum absolute atomic E-state index is 0.206. The molecule has 0 atom stereocenters. The van der Waals surface area contributed by atoms with Gasteiger partial charge in [-0.3, -0.25) is 4.79 Å². The molecule has 0 radical (unpaired) electrons. The molecular formula is C10H16O4. The fraction of sp³-hybridized carbons (Fsp3) is 0.600. The number of esters is 2. The Labute approximate surface area is 83.9 Å². The fourth-order valence-electron chi connectivity index (χ4n) is 0.753. The molecule has 0 fully saturated rings. The van der Waals surface area contributed by atoms with Gasteiger partial charge in [0.25, 0.3) is 0 Å². The smallest absolute Gasteiger partial charge is 0.330 e. The topological polar surface area (TPSA) is 52.6 Å². The molecule has 0 spiro atoms. The van der Waals surface area contributed by atoms with Gasteiger partial charge in [-0.25, -0.2) is 4.79 Å². The maximum absolute atomic E-state index is 10.9. The number of carbonyl (C=O) groups is 2. The summed E-state index contributed by atoms with van der Waals surface area (Å²) in [6.45, 7) is 5.71. The van der Waals surface area contributed by atoms with Crippen LogP contribution in [0, 0.1) is 0 Å². The Kier molecular flexibility index (Phi) is 7.50. The van der Waals surface area contributed by atoms with Crippen LogP contribution in [-0.4, -0.2) is 25.2 Å². The molecule has 0 saturated carbocycles. The highest BCUT2D eigenvalue weighted by molar-refractivity contribution is 5.81. The minimum atomic E-state index is -0.454. The summed E-state index contributed by atoms with van der Waals surface area (Å²) < 4.78 is 9.53. The van der Waals surface area contributed by atoms with Crippen LogP contribution < -0.4 is 0 Å². The van der Waals surface area contributed by atoms with E-state index in [9.17, 15) is 9.59 Å². The fourth-order valence-corrected chi connectivity index (χ4v) is 0.753. The van der Waals surface area contributed by atoms with Crippen LogP contribution in [0.25, 0.3) is 0 Å². The van der Waals surface area contributed by atoms with Crippen molar-refractivity contribution in [3.05, 3.63) is 12.7 Å². The lowest BCUT2D eigenvalue weighted by atomic mass is 10.3. The molecule has 4 heteroatoms. The van der Waals surface area contributed by atoms with Crippen molar-refractivity contribution in [2.24, 2.45) is 0 Å². The number of rotatable bonds is 7. The molecule has 0 amide bonds. The first-order valence-electron chi connectivity index (χ1n) is 4.65. The van der Waals surface area contributed by atoms with Crippen molar-refractivity contribution in [1.29, 1.82) is 0 Å². The van der Waals surface area contributed by atoms with E-state index in [1.807, 2.05) is 6.92 Å². The third kappa shape index (κ3) is 7.34. The van der Waals surface area contributed by atoms with Crippen molar-refractivity contribution in [1.82, 2.24) is 0 Å². The predicted molar refractivity (Wildman–Crippen MR) is 51.6 cm³/mol. The van der Waals surface area contributed by atoms with Crippen molar-refractivity contribution < 1.29 is 19.1 Å². The Morgan fingerprint density at radius 1 is 1.29 bits per heavy atom. The Hall–Kier alpha value is -1.32. The van der Waals surface area contributed by atoms with Crippen molar-refractivity contribution in [3.63, 3.8) is 0 Å². The molecule has 0 aromatic rings. The highest BCUT2D eigenvalue weighted by Crippen LogP contribution is 1.93. The molecule has 4 nitrogen and oxygen atoms in total. The van der Waals surface area contributed by atoms with E-state index in [0.717, 1.165) is 12.5 Å². The summed E-state index contributed by atoms with van der Waals surface area (Å²) in [5, 5.41) is 0. The number of hydrogen-bond donors (Lipinski definition) is 0. The van der Waals surface area contributed by atoms with E-state index in [2.05, 4.69) is 11.3 Å². The first-order chi connectivity index (χ1) is 6.70. The first-order valence-corrected chi connectivity index (χ1v) is 4.65. The third-order valence-electron chi connectivity index (χ3n) is 1.42. The summed E-state index contributed by atoms with van der Waals surface area (Å²) >= 11 is 0. The highest BCUT2D eigenvalue weighted by atomic mass is 16.5. The maximum atomic E-state index is 10.9. The second-order valence-electron chi connectivity index (χ2n) is 2.70. The number of hydrogen-bond acceptors (Lipinski definition) is 4. The van der Waals surface area contributed by atoms with Crippen LogP contribution in [0.3, 0.4) is 0 Å². The zero-order chi connectivity index (χ0) is 10.8. The van der Waals surface area contributed by atoms with Crippen LogP contribution in [0.15, 0.2) is 12.7 Å². The molecule has 0 N–H and O–H groups in total. The van der Waals surface area contributed by atoms with Crippen LogP contribution in [0.5, 0.6) is 0 Å². The summed E-state index contributed by atoms with van der Waals surface area (Å²) in [7, 11) is 0. The van der Waals surface area contributed by atoms with Crippen LogP contribution >= 0.6 is 0 Å². The Bertz CT molecular complexity index is 198. The quantitative estimate of drug-likeness (QED) is 0.354. The summed E-state index contributed by atoms with van der Waals surface area (Å²) in [6.07, 6.45) is 2.84. The molecule has 0 bridgehead atoms. The molecular weight excluding hydrogens is 184 g/mol. The van der Waals surface area contributed by atoms with Crippen molar-refractivity contribution in [2.75, 3.05) is 13.2 Å². The van der Waals surface area contributed by atoms with Crippen LogP contribution in [-0.2, 0) is 19.1 Å². The average Bonchev–Trinajstić information content (AvgIpc) is 2.17. The first kappa shape index (κ1) is 12.7. The van der Waals surface area contributed by atoms with Gasteiger partial charge in [-0.15, -0.1) is 0 Å². The molecule has 0 rings (SSSR count). The second kappa shape index (κ2) is 8.29. The van der Waals surface area contributed by atoms with Crippen LogP contribution in [0.1, 0.15) is 26.2 Å². The molecule has 14 heavy (non-hydrogen) atoms. The standard InChI is InChI=1S/C10H16O4/c1-3-6-10(12)14-8-5-7-13-9(11)4-2/h4H,2-3,5-8H2,1H3. The predicted octanol–water partition coefficient (Wildman–Crippen LogP) is 1.45. The SMILES string of the molecule is C=CC(=O)OCCCOC(=O)CCC. The second-order valence-corrected chi connectivity index (χ2v) is 2.70. The maximum Gasteiger partial charge on any atom is 0.330 e. The molecule has 0 unspecified atom stereocenters. The van der Waals surface area contributed by atoms with E-state index < -0.39 is 5.97 Å². The van der Waals surface area contributed by atoms with E-state index in [0.29, 0.717) is 19.4 Å². The van der Waals surface area contributed by atoms with Gasteiger partial charge in [-0.1, -0.05) is 13.5 Å². The van der Waals surface area contributed by atoms with Gasteiger partial charge in [-0.05, 0) is 6.42 Å². The molecule has 0 saturated heterocycles. The van der Waals surface area contributed by atoms with Crippen molar-refractivity contribution >= 4 is 11.9 Å². The summed E-state index contributed by atoms with van der Waals surface area (Å²) in [5.74, 6) is -0.660. The van der Waals surface area contributed by atoms with Gasteiger partial charge in [0.1, 0.15) is 0 Å². The van der Waals surface area contributed by atoms with Crippen LogP contribution in [0.4, 0.5) is 0 Å². The summed E-state index contributed by atoms with van der Waals surface area (Å²) in [4.78, 5) is 21.4. The molecule has 0 aliphatic heterocycles. The van der Waals surface area contributed by atoms with Gasteiger partial charge in [0, 0.05) is 18.9 Å². The highest BCUT2D eigenvalue weighted by Gasteiger charge is 2.00. The normalized spacial score (nSPS) is 9.21. The Morgan fingerprint density at radius 3 is 2.50 bits per heavy atom. The van der Waals surface area contributed by atoms with Crippen molar-refractivity contribution in [3.8, 4) is 0 Å². The third-order valence-corrected chi connectivity index (χ3v) is 1.42. The van der Waals surface area contributed by atoms with Crippen LogP contribution in [0.2, 0.25) is 0 Å². The lowest BCUT2D eigenvalue weighted by Gasteiger charge is -2.03. The zero-order valence-corrected chi connectivity index (χ0v) is 8.45. The van der Waals surface area contributed by atoms with E-state index in [1.165, 1.54) is 0 Å². The van der Waals surface area contributed by atoms with Gasteiger partial charge < -0.3 is 9.47 Å². The summed E-state index contributed by atoms with van der Waals surface area (Å²) in [6, 6.07) is 0. The number of carbonyl (C=O) groups excluding carboxylic acids is 2. The van der Waals surface area contributed by atoms with Crippen molar-refractivity contribution in [2.45, 2.75) is 26.2 Å². The van der Waals surface area contributed by atoms with Gasteiger partial charge in [-0.2, -0.15) is 0 Å². The molecule has 0 aliphatic rings. The molecule has 0 aliphatic carbocycles. The van der Waals surface area contributed by atoms with E-state index in [1.54, 1.807) is 0 Å². The Balaban J connectivity index is 3.25. The van der Waals surface area contributed by atoms with Gasteiger partial charge in [0.05, 0.1) is 13.2 Å². The zero-order valence-electron chi connectivity index (χ0n) is 8.45. The Morgan fingerprint density at radius 2 is 1.93 bits per heavy atom. The van der Waals surface area contributed by atoms with E-state index >= 15 is 0 Å². The summed E-state index contributed by atoms with van der Waals surface area (Å²) in [5.41, 5.74) is 0. The van der Waals surface area contributed by atoms with E-state index in [-0.39, 0.29) is 12.6 Å². The lowest BCUT2D eigenvalue weighted by Crippen LogP contribution is -2.09. The average molecular weight is 200 g/mol. The molecule has 0 aromatic carbocycles. The van der Waals surface area contributed by atoms with Gasteiger partial charge in [0.2, 0.25) is 0 Å². The van der Waals surface area contributed by atoms with E-state index in [4.69, 9.17) is 4.74 Å². The largest absolute Gasteiger partial charge is 0.466 e. The molecule has 80 valence electrons. The van der Waals surface area contributed by atoms with Gasteiger partial charge >= 0.3 is 11.9 Å². The monoisotopic (exact) mass is 200 g/mol. The molecule has 0 heterocycles. The van der Waals surface area contributed by atoms with Gasteiger partial charge in [0.15, 0.2) is 0 Å². The minimum Gasteiger partial charge on any atom is -0.466 e.